The number of aromatic nitrogens is 2. The number of anilines is 2. The lowest BCUT2D eigenvalue weighted by Crippen LogP contribution is -2.27. The first-order valence-electron chi connectivity index (χ1n) is 7.19. The van der Waals surface area contributed by atoms with Crippen LogP contribution in [0.15, 0.2) is 0 Å². The number of rotatable bonds is 6. The zero-order valence-electron chi connectivity index (χ0n) is 11.7. The van der Waals surface area contributed by atoms with Crippen LogP contribution in [0.1, 0.15) is 49.9 Å². The van der Waals surface area contributed by atoms with Crippen molar-refractivity contribution in [2.45, 2.75) is 51.0 Å². The van der Waals surface area contributed by atoms with Gasteiger partial charge in [0.05, 0.1) is 12.1 Å². The van der Waals surface area contributed by atoms with E-state index in [4.69, 9.17) is 0 Å². The van der Waals surface area contributed by atoms with E-state index >= 15 is 0 Å². The number of hydrogen-bond donors (Lipinski definition) is 3. The minimum atomic E-state index is -0.135. The van der Waals surface area contributed by atoms with E-state index in [1.165, 1.54) is 12.8 Å². The molecule has 0 radical (unpaired) electrons. The summed E-state index contributed by atoms with van der Waals surface area (Å²) in [5.41, 5.74) is 0.912. The van der Waals surface area contributed by atoms with Crippen molar-refractivity contribution in [3.8, 4) is 0 Å². The van der Waals surface area contributed by atoms with Crippen molar-refractivity contribution in [1.82, 2.24) is 9.97 Å². The quantitative estimate of drug-likeness (QED) is 0.732. The summed E-state index contributed by atoms with van der Waals surface area (Å²) < 4.78 is 0. The van der Waals surface area contributed by atoms with Gasteiger partial charge >= 0.3 is 0 Å². The van der Waals surface area contributed by atoms with Gasteiger partial charge in [-0.15, -0.1) is 0 Å². The number of hydrogen-bond acceptors (Lipinski definition) is 5. The second-order valence-corrected chi connectivity index (χ2v) is 5.77. The Hall–Kier alpha value is -1.36. The molecule has 2 aliphatic carbocycles. The highest BCUT2D eigenvalue weighted by Gasteiger charge is 2.43. The van der Waals surface area contributed by atoms with Gasteiger partial charge in [-0.25, -0.2) is 9.97 Å². The Balaban J connectivity index is 1.91. The normalized spacial score (nSPS) is 20.2. The minimum absolute atomic E-state index is 0.135. The molecular weight excluding hydrogens is 240 g/mol. The maximum Gasteiger partial charge on any atom is 0.136 e. The van der Waals surface area contributed by atoms with Crippen LogP contribution in [0.3, 0.4) is 0 Å². The molecule has 3 rings (SSSR count). The first-order chi connectivity index (χ1) is 9.17. The SMILES string of the molecule is CCNc1nc(C2CC2)nc(NC2(CO)CC2)c1C. The van der Waals surface area contributed by atoms with E-state index < -0.39 is 0 Å². The Bertz CT molecular complexity index is 481. The monoisotopic (exact) mass is 262 g/mol. The van der Waals surface area contributed by atoms with E-state index in [1.54, 1.807) is 0 Å². The second-order valence-electron chi connectivity index (χ2n) is 5.77. The van der Waals surface area contributed by atoms with E-state index in [0.717, 1.165) is 42.4 Å². The lowest BCUT2D eigenvalue weighted by atomic mass is 10.2. The summed E-state index contributed by atoms with van der Waals surface area (Å²) in [6.07, 6.45) is 4.42. The third kappa shape index (κ3) is 2.52. The van der Waals surface area contributed by atoms with Gasteiger partial charge in [0.15, 0.2) is 0 Å². The third-order valence-corrected chi connectivity index (χ3v) is 3.99. The van der Waals surface area contributed by atoms with Gasteiger partial charge < -0.3 is 15.7 Å². The van der Waals surface area contributed by atoms with Crippen molar-refractivity contribution in [3.05, 3.63) is 11.4 Å². The van der Waals surface area contributed by atoms with Crippen LogP contribution in [-0.2, 0) is 0 Å². The number of nitrogens with one attached hydrogen (secondary N) is 2. The molecule has 2 fully saturated rings. The zero-order valence-corrected chi connectivity index (χ0v) is 11.7. The van der Waals surface area contributed by atoms with Crippen molar-refractivity contribution < 1.29 is 5.11 Å². The highest BCUT2D eigenvalue weighted by Crippen LogP contribution is 2.42. The van der Waals surface area contributed by atoms with Gasteiger partial charge in [-0.2, -0.15) is 0 Å². The van der Waals surface area contributed by atoms with E-state index in [-0.39, 0.29) is 12.1 Å². The van der Waals surface area contributed by atoms with Gasteiger partial charge in [0, 0.05) is 18.0 Å². The maximum absolute atomic E-state index is 9.45. The van der Waals surface area contributed by atoms with Gasteiger partial charge in [0.2, 0.25) is 0 Å². The molecule has 0 saturated heterocycles. The molecule has 2 saturated carbocycles. The fourth-order valence-electron chi connectivity index (χ4n) is 2.24. The van der Waals surface area contributed by atoms with Gasteiger partial charge in [-0.3, -0.25) is 0 Å². The Morgan fingerprint density at radius 3 is 2.47 bits per heavy atom. The molecule has 0 aromatic carbocycles. The van der Waals surface area contributed by atoms with E-state index in [9.17, 15) is 5.11 Å². The molecule has 0 atom stereocenters. The molecule has 1 aromatic heterocycles. The van der Waals surface area contributed by atoms with E-state index in [1.807, 2.05) is 6.92 Å². The zero-order chi connectivity index (χ0) is 13.5. The summed E-state index contributed by atoms with van der Waals surface area (Å²) in [7, 11) is 0. The molecule has 0 unspecified atom stereocenters. The van der Waals surface area contributed by atoms with Gasteiger partial charge in [0.25, 0.3) is 0 Å². The second kappa shape index (κ2) is 4.63. The maximum atomic E-state index is 9.45. The van der Waals surface area contributed by atoms with Crippen LogP contribution >= 0.6 is 0 Å². The van der Waals surface area contributed by atoms with Crippen LogP contribution in [-0.4, -0.2) is 33.8 Å². The average Bonchev–Trinajstić information content (AvgIpc) is 3.27. The molecular formula is C14H22N4O. The van der Waals surface area contributed by atoms with Crippen molar-refractivity contribution in [1.29, 1.82) is 0 Å². The van der Waals surface area contributed by atoms with Crippen LogP contribution in [0.5, 0.6) is 0 Å². The van der Waals surface area contributed by atoms with Crippen molar-refractivity contribution in [2.24, 2.45) is 0 Å². The van der Waals surface area contributed by atoms with Crippen molar-refractivity contribution in [3.63, 3.8) is 0 Å². The van der Waals surface area contributed by atoms with Crippen LogP contribution in [0.2, 0.25) is 0 Å². The predicted molar refractivity (Wildman–Crippen MR) is 75.6 cm³/mol. The summed E-state index contributed by atoms with van der Waals surface area (Å²) in [4.78, 5) is 9.31. The molecule has 5 heteroatoms. The highest BCUT2D eigenvalue weighted by atomic mass is 16.3. The largest absolute Gasteiger partial charge is 0.394 e. The lowest BCUT2D eigenvalue weighted by Gasteiger charge is -2.19. The van der Waals surface area contributed by atoms with Crippen LogP contribution in [0, 0.1) is 6.92 Å². The van der Waals surface area contributed by atoms with Crippen molar-refractivity contribution >= 4 is 11.6 Å². The molecule has 19 heavy (non-hydrogen) atoms. The number of aliphatic hydroxyl groups is 1. The Kier molecular flexibility index (Phi) is 3.09. The Labute approximate surface area is 113 Å². The predicted octanol–water partition coefficient (Wildman–Crippen LogP) is 2.03. The molecule has 1 heterocycles. The topological polar surface area (TPSA) is 70.1 Å². The molecule has 5 nitrogen and oxygen atoms in total. The fraction of sp³-hybridized carbons (Fsp3) is 0.714. The molecule has 1 aromatic rings. The van der Waals surface area contributed by atoms with Gasteiger partial charge in [-0.05, 0) is 39.5 Å². The minimum Gasteiger partial charge on any atom is -0.394 e. The Morgan fingerprint density at radius 1 is 1.26 bits per heavy atom. The lowest BCUT2D eigenvalue weighted by molar-refractivity contribution is 0.266. The van der Waals surface area contributed by atoms with E-state index in [0.29, 0.717) is 5.92 Å². The van der Waals surface area contributed by atoms with Crippen LogP contribution in [0.4, 0.5) is 11.6 Å². The molecule has 104 valence electrons. The first-order valence-corrected chi connectivity index (χ1v) is 7.19. The number of aliphatic hydroxyl groups excluding tert-OH is 1. The molecule has 2 aliphatic rings. The molecule has 3 N–H and O–H groups in total. The average molecular weight is 262 g/mol. The highest BCUT2D eigenvalue weighted by molar-refractivity contribution is 5.59. The smallest absolute Gasteiger partial charge is 0.136 e. The van der Waals surface area contributed by atoms with Gasteiger partial charge in [-0.1, -0.05) is 0 Å². The molecule has 0 aliphatic heterocycles. The first kappa shape index (κ1) is 12.7. The molecule has 0 spiro atoms. The standard InChI is InChI=1S/C14H22N4O/c1-3-15-11-9(2)12(18-14(8-19)6-7-14)17-13(16-11)10-4-5-10/h10,19H,3-8H2,1-2H3,(H2,15,16,17,18). The summed E-state index contributed by atoms with van der Waals surface area (Å²) in [5.74, 6) is 3.29. The fourth-order valence-corrected chi connectivity index (χ4v) is 2.24. The molecule has 0 amide bonds. The van der Waals surface area contributed by atoms with E-state index in [2.05, 4.69) is 27.5 Å². The van der Waals surface area contributed by atoms with Crippen LogP contribution in [0.25, 0.3) is 0 Å². The third-order valence-electron chi connectivity index (χ3n) is 3.99. The molecule has 0 bridgehead atoms. The summed E-state index contributed by atoms with van der Waals surface area (Å²) in [5, 5.41) is 16.2. The van der Waals surface area contributed by atoms with Gasteiger partial charge in [0.1, 0.15) is 17.5 Å². The van der Waals surface area contributed by atoms with Crippen molar-refractivity contribution in [2.75, 3.05) is 23.8 Å². The van der Waals surface area contributed by atoms with Crippen LogP contribution < -0.4 is 10.6 Å². The Morgan fingerprint density at radius 2 is 1.95 bits per heavy atom. The summed E-state index contributed by atoms with van der Waals surface area (Å²) >= 11 is 0. The summed E-state index contributed by atoms with van der Waals surface area (Å²) in [6, 6.07) is 0. The number of nitrogens with zero attached hydrogens (tertiary/aromatic N) is 2. The summed E-state index contributed by atoms with van der Waals surface area (Å²) in [6.45, 7) is 5.13.